The summed E-state index contributed by atoms with van der Waals surface area (Å²) in [5.41, 5.74) is 2.83. The minimum atomic E-state index is 0.490. The van der Waals surface area contributed by atoms with Crippen LogP contribution < -0.4 is 0 Å². The number of rotatable bonds is 3. The van der Waals surface area contributed by atoms with Gasteiger partial charge in [0, 0.05) is 35.8 Å². The Labute approximate surface area is 140 Å². The van der Waals surface area contributed by atoms with E-state index in [4.69, 9.17) is 0 Å². The second kappa shape index (κ2) is 6.90. The molecule has 110 valence electrons. The predicted octanol–water partition coefficient (Wildman–Crippen LogP) is 3.78. The largest absolute Gasteiger partial charge is 0.303 e. The fourth-order valence-electron chi connectivity index (χ4n) is 2.96. The Morgan fingerprint density at radius 2 is 1.71 bits per heavy atom. The van der Waals surface area contributed by atoms with Crippen molar-refractivity contribution in [3.63, 3.8) is 0 Å². The number of halogens is 1. The van der Waals surface area contributed by atoms with E-state index in [1.54, 1.807) is 0 Å². The number of likely N-dealkylation sites (N-methyl/N-ethyl adjacent to an activating group) is 1. The maximum absolute atomic E-state index is 2.61. The molecular weight excluding hydrogens is 371 g/mol. The Balaban J connectivity index is 1.79. The van der Waals surface area contributed by atoms with Gasteiger partial charge in [0.25, 0.3) is 0 Å². The average molecular weight is 392 g/mol. The smallest absolute Gasteiger partial charge is 0.0479 e. The predicted molar refractivity (Wildman–Crippen MR) is 96.2 cm³/mol. The molecule has 1 unspecified atom stereocenters. The molecule has 0 amide bonds. The van der Waals surface area contributed by atoms with Gasteiger partial charge in [-0.05, 0) is 52.9 Å². The quantitative estimate of drug-likeness (QED) is 0.734. The van der Waals surface area contributed by atoms with Crippen molar-refractivity contribution in [1.29, 1.82) is 0 Å². The highest BCUT2D eigenvalue weighted by Crippen LogP contribution is 2.26. The van der Waals surface area contributed by atoms with Crippen molar-refractivity contribution in [2.75, 3.05) is 26.7 Å². The monoisotopic (exact) mass is 392 g/mol. The Morgan fingerprint density at radius 1 is 1.00 bits per heavy atom. The van der Waals surface area contributed by atoms with E-state index in [0.29, 0.717) is 6.04 Å². The summed E-state index contributed by atoms with van der Waals surface area (Å²) in [5.74, 6) is 0. The molecule has 1 atom stereocenters. The van der Waals surface area contributed by atoms with Gasteiger partial charge in [-0.15, -0.1) is 0 Å². The van der Waals surface area contributed by atoms with Gasteiger partial charge >= 0.3 is 0 Å². The number of piperazine rings is 1. The molecule has 1 saturated heterocycles. The highest BCUT2D eigenvalue weighted by molar-refractivity contribution is 14.1. The van der Waals surface area contributed by atoms with E-state index >= 15 is 0 Å². The summed E-state index contributed by atoms with van der Waals surface area (Å²) in [6.45, 7) is 4.41. The van der Waals surface area contributed by atoms with Crippen molar-refractivity contribution in [3.8, 4) is 0 Å². The summed E-state index contributed by atoms with van der Waals surface area (Å²) in [6.07, 6.45) is 0. The van der Waals surface area contributed by atoms with Crippen molar-refractivity contribution in [2.45, 2.75) is 12.6 Å². The minimum absolute atomic E-state index is 0.490. The summed E-state index contributed by atoms with van der Waals surface area (Å²) < 4.78 is 1.30. The van der Waals surface area contributed by atoms with Crippen LogP contribution in [0.2, 0.25) is 0 Å². The average Bonchev–Trinajstić information content (AvgIpc) is 2.52. The van der Waals surface area contributed by atoms with E-state index in [1.165, 1.54) is 14.7 Å². The standard InChI is InChI=1S/C18H21IN2/c1-20-11-12-21(13-15-7-9-17(19)10-8-15)18(14-20)16-5-3-2-4-6-16/h2-10,18H,11-14H2,1H3. The van der Waals surface area contributed by atoms with Crippen LogP contribution in [0.4, 0.5) is 0 Å². The lowest BCUT2D eigenvalue weighted by Gasteiger charge is -2.40. The van der Waals surface area contributed by atoms with Crippen LogP contribution in [0.15, 0.2) is 54.6 Å². The topological polar surface area (TPSA) is 6.48 Å². The molecule has 0 saturated carbocycles. The van der Waals surface area contributed by atoms with E-state index in [1.807, 2.05) is 0 Å². The molecule has 21 heavy (non-hydrogen) atoms. The summed E-state index contributed by atoms with van der Waals surface area (Å²) in [5, 5.41) is 0. The summed E-state index contributed by atoms with van der Waals surface area (Å²) >= 11 is 2.36. The van der Waals surface area contributed by atoms with Gasteiger partial charge < -0.3 is 4.90 Å². The summed E-state index contributed by atoms with van der Waals surface area (Å²) in [4.78, 5) is 5.04. The van der Waals surface area contributed by atoms with Crippen molar-refractivity contribution >= 4 is 22.6 Å². The second-order valence-corrected chi connectivity index (χ2v) is 7.03. The molecule has 2 aromatic carbocycles. The van der Waals surface area contributed by atoms with Gasteiger partial charge in [0.15, 0.2) is 0 Å². The molecule has 3 rings (SSSR count). The summed E-state index contributed by atoms with van der Waals surface area (Å²) in [7, 11) is 2.22. The Hall–Kier alpha value is -0.910. The van der Waals surface area contributed by atoms with Crippen LogP contribution in [0.3, 0.4) is 0 Å². The van der Waals surface area contributed by atoms with Gasteiger partial charge in [0.1, 0.15) is 0 Å². The van der Waals surface area contributed by atoms with Crippen LogP contribution in [0.5, 0.6) is 0 Å². The van der Waals surface area contributed by atoms with E-state index in [2.05, 4.69) is 94.0 Å². The SMILES string of the molecule is CN1CCN(Cc2ccc(I)cc2)C(c2ccccc2)C1. The van der Waals surface area contributed by atoms with Crippen LogP contribution in [-0.4, -0.2) is 36.5 Å². The van der Waals surface area contributed by atoms with Gasteiger partial charge in [0.05, 0.1) is 0 Å². The molecule has 3 heteroatoms. The zero-order chi connectivity index (χ0) is 14.7. The van der Waals surface area contributed by atoms with Crippen molar-refractivity contribution in [2.24, 2.45) is 0 Å². The van der Waals surface area contributed by atoms with E-state index in [9.17, 15) is 0 Å². The first-order valence-corrected chi connectivity index (χ1v) is 8.52. The van der Waals surface area contributed by atoms with Gasteiger partial charge in [-0.25, -0.2) is 0 Å². The van der Waals surface area contributed by atoms with Gasteiger partial charge in [-0.1, -0.05) is 42.5 Å². The lowest BCUT2D eigenvalue weighted by atomic mass is 10.0. The highest BCUT2D eigenvalue weighted by atomic mass is 127. The zero-order valence-corrected chi connectivity index (χ0v) is 14.5. The molecule has 1 heterocycles. The van der Waals surface area contributed by atoms with Crippen LogP contribution in [-0.2, 0) is 6.54 Å². The maximum Gasteiger partial charge on any atom is 0.0479 e. The third-order valence-electron chi connectivity index (χ3n) is 4.18. The lowest BCUT2D eigenvalue weighted by Crippen LogP contribution is -2.46. The van der Waals surface area contributed by atoms with Crippen LogP contribution >= 0.6 is 22.6 Å². The maximum atomic E-state index is 2.61. The molecule has 1 fully saturated rings. The van der Waals surface area contributed by atoms with Crippen molar-refractivity contribution in [3.05, 3.63) is 69.3 Å². The Kier molecular flexibility index (Phi) is 4.93. The minimum Gasteiger partial charge on any atom is -0.303 e. The van der Waals surface area contributed by atoms with Crippen LogP contribution in [0.1, 0.15) is 17.2 Å². The van der Waals surface area contributed by atoms with Gasteiger partial charge in [-0.2, -0.15) is 0 Å². The Bertz CT molecular complexity index is 568. The first-order valence-electron chi connectivity index (χ1n) is 7.44. The molecular formula is C18H21IN2. The fraction of sp³-hybridized carbons (Fsp3) is 0.333. The fourth-order valence-corrected chi connectivity index (χ4v) is 3.32. The molecule has 1 aliphatic heterocycles. The van der Waals surface area contributed by atoms with Crippen LogP contribution in [0, 0.1) is 3.57 Å². The lowest BCUT2D eigenvalue weighted by molar-refractivity contribution is 0.0834. The zero-order valence-electron chi connectivity index (χ0n) is 12.4. The second-order valence-electron chi connectivity index (χ2n) is 5.79. The van der Waals surface area contributed by atoms with E-state index < -0.39 is 0 Å². The Morgan fingerprint density at radius 3 is 2.43 bits per heavy atom. The van der Waals surface area contributed by atoms with Crippen molar-refractivity contribution in [1.82, 2.24) is 9.80 Å². The van der Waals surface area contributed by atoms with Crippen molar-refractivity contribution < 1.29 is 0 Å². The van der Waals surface area contributed by atoms with Gasteiger partial charge in [-0.3, -0.25) is 4.90 Å². The molecule has 0 aliphatic carbocycles. The molecule has 2 aromatic rings. The number of benzene rings is 2. The third-order valence-corrected chi connectivity index (χ3v) is 4.90. The number of nitrogens with zero attached hydrogens (tertiary/aromatic N) is 2. The van der Waals surface area contributed by atoms with E-state index in [-0.39, 0.29) is 0 Å². The first-order chi connectivity index (χ1) is 10.2. The molecule has 1 aliphatic rings. The highest BCUT2D eigenvalue weighted by Gasteiger charge is 2.26. The first kappa shape index (κ1) is 15.0. The molecule has 0 spiro atoms. The molecule has 0 radical (unpaired) electrons. The van der Waals surface area contributed by atoms with Crippen LogP contribution in [0.25, 0.3) is 0 Å². The molecule has 0 aromatic heterocycles. The number of hydrogen-bond donors (Lipinski definition) is 0. The molecule has 0 N–H and O–H groups in total. The normalized spacial score (nSPS) is 20.6. The summed E-state index contributed by atoms with van der Waals surface area (Å²) in [6, 6.07) is 20.3. The van der Waals surface area contributed by atoms with Gasteiger partial charge in [0.2, 0.25) is 0 Å². The molecule has 0 bridgehead atoms. The van der Waals surface area contributed by atoms with E-state index in [0.717, 1.165) is 26.2 Å². The molecule has 2 nitrogen and oxygen atoms in total. The third kappa shape index (κ3) is 3.84. The number of hydrogen-bond acceptors (Lipinski definition) is 2.